The van der Waals surface area contributed by atoms with Crippen LogP contribution in [0.2, 0.25) is 0 Å². The highest BCUT2D eigenvalue weighted by molar-refractivity contribution is 7.16. The molecular formula is C24H27P. The van der Waals surface area contributed by atoms with E-state index < -0.39 is 0 Å². The van der Waals surface area contributed by atoms with E-state index in [-0.39, 0.29) is 5.41 Å². The fraction of sp³-hybridized carbons (Fsp3) is 0.250. The summed E-state index contributed by atoms with van der Waals surface area (Å²) in [5.74, 6) is 0. The molecule has 0 aliphatic heterocycles. The van der Waals surface area contributed by atoms with Gasteiger partial charge in [-0.1, -0.05) is 91.0 Å². The van der Waals surface area contributed by atoms with Crippen LogP contribution in [-0.2, 0) is 18.3 Å². The highest BCUT2D eigenvalue weighted by Gasteiger charge is 2.29. The van der Waals surface area contributed by atoms with Gasteiger partial charge < -0.3 is 0 Å². The first kappa shape index (κ1) is 17.9. The summed E-state index contributed by atoms with van der Waals surface area (Å²) in [7, 11) is 3.02. The van der Waals surface area contributed by atoms with Gasteiger partial charge in [0, 0.05) is 0 Å². The zero-order valence-corrected chi connectivity index (χ0v) is 15.9. The van der Waals surface area contributed by atoms with E-state index in [0.29, 0.717) is 0 Å². The van der Waals surface area contributed by atoms with Crippen molar-refractivity contribution in [3.8, 4) is 0 Å². The second-order valence-electron chi connectivity index (χ2n) is 6.82. The smallest absolute Gasteiger partial charge is 0.000622 e. The van der Waals surface area contributed by atoms with Crippen LogP contribution < -0.4 is 0 Å². The molecule has 3 rings (SSSR count). The summed E-state index contributed by atoms with van der Waals surface area (Å²) in [6.45, 7) is 0. The molecule has 0 aliphatic rings. The van der Waals surface area contributed by atoms with E-state index in [1.54, 1.807) is 0 Å². The van der Waals surface area contributed by atoms with Gasteiger partial charge in [0.1, 0.15) is 0 Å². The molecule has 1 unspecified atom stereocenters. The maximum absolute atomic E-state index is 3.02. The maximum atomic E-state index is 3.02. The number of hydrogen-bond donors (Lipinski definition) is 0. The molecule has 0 fully saturated rings. The maximum Gasteiger partial charge on any atom is -0.000622 e. The molecule has 128 valence electrons. The lowest BCUT2D eigenvalue weighted by molar-refractivity contribution is 0.409. The zero-order valence-electron chi connectivity index (χ0n) is 14.8. The molecule has 0 aromatic heterocycles. The minimum absolute atomic E-state index is 0.206. The van der Waals surface area contributed by atoms with Crippen molar-refractivity contribution >= 4 is 9.24 Å². The van der Waals surface area contributed by atoms with Crippen molar-refractivity contribution < 1.29 is 0 Å². The lowest BCUT2D eigenvalue weighted by Gasteiger charge is -2.34. The van der Waals surface area contributed by atoms with Crippen LogP contribution in [0.3, 0.4) is 0 Å². The Kier molecular flexibility index (Phi) is 6.42. The Morgan fingerprint density at radius 1 is 0.560 bits per heavy atom. The Morgan fingerprint density at radius 2 is 0.960 bits per heavy atom. The van der Waals surface area contributed by atoms with Crippen LogP contribution >= 0.6 is 9.24 Å². The molecule has 3 aromatic carbocycles. The molecule has 0 spiro atoms. The number of benzene rings is 3. The summed E-state index contributed by atoms with van der Waals surface area (Å²) >= 11 is 0. The Morgan fingerprint density at radius 3 is 1.36 bits per heavy atom. The van der Waals surface area contributed by atoms with Crippen LogP contribution in [0.15, 0.2) is 91.0 Å². The molecule has 25 heavy (non-hydrogen) atoms. The Hall–Kier alpha value is -1.91. The van der Waals surface area contributed by atoms with Crippen LogP contribution in [0.1, 0.15) is 29.5 Å². The molecule has 0 nitrogen and oxygen atoms in total. The fourth-order valence-electron chi connectivity index (χ4n) is 3.58. The molecular weight excluding hydrogens is 319 g/mol. The van der Waals surface area contributed by atoms with Gasteiger partial charge in [-0.15, -0.1) is 9.24 Å². The average molecular weight is 346 g/mol. The van der Waals surface area contributed by atoms with Crippen LogP contribution in [0, 0.1) is 0 Å². The molecule has 0 aliphatic carbocycles. The van der Waals surface area contributed by atoms with Gasteiger partial charge in [-0.05, 0) is 54.0 Å². The van der Waals surface area contributed by atoms with Crippen molar-refractivity contribution in [1.82, 2.24) is 0 Å². The van der Waals surface area contributed by atoms with Crippen LogP contribution in [0.5, 0.6) is 0 Å². The van der Waals surface area contributed by atoms with Crippen LogP contribution in [0.4, 0.5) is 0 Å². The van der Waals surface area contributed by atoms with Crippen molar-refractivity contribution in [3.63, 3.8) is 0 Å². The second-order valence-corrected chi connectivity index (χ2v) is 7.23. The number of aryl methyl sites for hydroxylation is 2. The van der Waals surface area contributed by atoms with Gasteiger partial charge >= 0.3 is 0 Å². The molecule has 0 amide bonds. The predicted octanol–water partition coefficient (Wildman–Crippen LogP) is 6.07. The van der Waals surface area contributed by atoms with Crippen molar-refractivity contribution in [1.29, 1.82) is 0 Å². The lowest BCUT2D eigenvalue weighted by atomic mass is 9.73. The first-order valence-corrected chi connectivity index (χ1v) is 9.97. The van der Waals surface area contributed by atoms with Gasteiger partial charge in [0.15, 0.2) is 0 Å². The molecule has 0 N–H and O–H groups in total. The highest BCUT2D eigenvalue weighted by Crippen LogP contribution is 2.36. The Balaban J connectivity index is 1.81. The first-order chi connectivity index (χ1) is 12.3. The molecule has 1 heteroatoms. The predicted molar refractivity (Wildman–Crippen MR) is 112 cm³/mol. The van der Waals surface area contributed by atoms with E-state index >= 15 is 0 Å². The van der Waals surface area contributed by atoms with Gasteiger partial charge in [-0.25, -0.2) is 0 Å². The molecule has 0 saturated carbocycles. The van der Waals surface area contributed by atoms with E-state index in [2.05, 4.69) is 100 Å². The minimum Gasteiger partial charge on any atom is -0.137 e. The lowest BCUT2D eigenvalue weighted by Crippen LogP contribution is -2.30. The van der Waals surface area contributed by atoms with E-state index in [0.717, 1.165) is 19.0 Å². The summed E-state index contributed by atoms with van der Waals surface area (Å²) in [5.41, 5.74) is 4.54. The molecule has 3 aromatic rings. The first-order valence-electron chi connectivity index (χ1n) is 9.16. The largest absolute Gasteiger partial charge is 0.137 e. The minimum atomic E-state index is 0.206. The van der Waals surface area contributed by atoms with Gasteiger partial charge in [0.2, 0.25) is 0 Å². The fourth-order valence-corrected chi connectivity index (χ4v) is 4.23. The quantitative estimate of drug-likeness (QED) is 0.435. The topological polar surface area (TPSA) is 0 Å². The third kappa shape index (κ3) is 4.80. The van der Waals surface area contributed by atoms with Crippen LogP contribution in [0.25, 0.3) is 0 Å². The van der Waals surface area contributed by atoms with Gasteiger partial charge in [-0.2, -0.15) is 0 Å². The van der Waals surface area contributed by atoms with E-state index in [1.807, 2.05) is 0 Å². The zero-order chi connectivity index (χ0) is 17.4. The standard InChI is InChI=1S/C24H27P/c25-20-24(23-14-8-3-9-15-23,18-16-21-10-4-1-5-11-21)19-17-22-12-6-2-7-13-22/h1-15H,16-20,25H2. The van der Waals surface area contributed by atoms with E-state index in [9.17, 15) is 0 Å². The number of rotatable bonds is 8. The SMILES string of the molecule is PCC(CCc1ccccc1)(CCc1ccccc1)c1ccccc1. The molecule has 0 heterocycles. The van der Waals surface area contributed by atoms with Gasteiger partial charge in [0.05, 0.1) is 0 Å². The molecule has 0 bridgehead atoms. The normalized spacial score (nSPS) is 11.4. The second kappa shape index (κ2) is 8.97. The summed E-state index contributed by atoms with van der Waals surface area (Å²) in [6, 6.07) is 32.8. The molecule has 0 saturated heterocycles. The van der Waals surface area contributed by atoms with Crippen molar-refractivity contribution in [3.05, 3.63) is 108 Å². The Labute approximate surface area is 154 Å². The average Bonchev–Trinajstić information content (AvgIpc) is 2.71. The van der Waals surface area contributed by atoms with Gasteiger partial charge in [-0.3, -0.25) is 0 Å². The van der Waals surface area contributed by atoms with Crippen molar-refractivity contribution in [2.45, 2.75) is 31.1 Å². The Bertz CT molecular complexity index is 691. The van der Waals surface area contributed by atoms with E-state index in [1.165, 1.54) is 29.5 Å². The molecule has 0 radical (unpaired) electrons. The highest BCUT2D eigenvalue weighted by atomic mass is 31.0. The molecule has 1 atom stereocenters. The third-order valence-corrected chi connectivity index (χ3v) is 6.03. The summed E-state index contributed by atoms with van der Waals surface area (Å²) < 4.78 is 0. The monoisotopic (exact) mass is 346 g/mol. The number of hydrogen-bond acceptors (Lipinski definition) is 0. The van der Waals surface area contributed by atoms with Crippen molar-refractivity contribution in [2.75, 3.05) is 6.16 Å². The van der Waals surface area contributed by atoms with Gasteiger partial charge in [0.25, 0.3) is 0 Å². The summed E-state index contributed by atoms with van der Waals surface area (Å²) in [4.78, 5) is 0. The summed E-state index contributed by atoms with van der Waals surface area (Å²) in [5, 5.41) is 0. The van der Waals surface area contributed by atoms with Crippen molar-refractivity contribution in [2.24, 2.45) is 0 Å². The van der Waals surface area contributed by atoms with Crippen LogP contribution in [-0.4, -0.2) is 6.16 Å². The third-order valence-electron chi connectivity index (χ3n) is 5.25. The van der Waals surface area contributed by atoms with E-state index in [4.69, 9.17) is 0 Å². The summed E-state index contributed by atoms with van der Waals surface area (Å²) in [6.07, 6.45) is 5.70.